The molecule has 2 heterocycles. The third kappa shape index (κ3) is 4.45. The first kappa shape index (κ1) is 21.1. The lowest BCUT2D eigenvalue weighted by molar-refractivity contribution is -0.127. The second kappa shape index (κ2) is 8.91. The van der Waals surface area contributed by atoms with Crippen LogP contribution in [0.25, 0.3) is 0 Å². The highest BCUT2D eigenvalue weighted by molar-refractivity contribution is 9.10. The van der Waals surface area contributed by atoms with Crippen LogP contribution in [0.4, 0.5) is 5.69 Å². The predicted octanol–water partition coefficient (Wildman–Crippen LogP) is 3.12. The first-order chi connectivity index (χ1) is 14.4. The van der Waals surface area contributed by atoms with Gasteiger partial charge in [-0.2, -0.15) is 4.31 Å². The Bertz CT molecular complexity index is 1030. The summed E-state index contributed by atoms with van der Waals surface area (Å²) in [6.45, 7) is 3.49. The number of benzene rings is 2. The van der Waals surface area contributed by atoms with Gasteiger partial charge in [0.1, 0.15) is 0 Å². The van der Waals surface area contributed by atoms with Crippen molar-refractivity contribution in [2.24, 2.45) is 0 Å². The van der Waals surface area contributed by atoms with E-state index in [-0.39, 0.29) is 17.3 Å². The second-order valence-electron chi connectivity index (χ2n) is 7.41. The fourth-order valence-electron chi connectivity index (χ4n) is 3.83. The molecule has 0 N–H and O–H groups in total. The number of sulfonamides is 1. The van der Waals surface area contributed by atoms with Gasteiger partial charge in [-0.25, -0.2) is 8.42 Å². The highest BCUT2D eigenvalue weighted by Crippen LogP contribution is 2.24. The molecule has 0 spiro atoms. The van der Waals surface area contributed by atoms with E-state index in [0.717, 1.165) is 17.6 Å². The van der Waals surface area contributed by atoms with Crippen LogP contribution in [0.1, 0.15) is 6.42 Å². The van der Waals surface area contributed by atoms with Crippen LogP contribution >= 0.6 is 15.9 Å². The Morgan fingerprint density at radius 1 is 0.867 bits per heavy atom. The number of anilines is 1. The van der Waals surface area contributed by atoms with Gasteiger partial charge in [0.25, 0.3) is 0 Å². The van der Waals surface area contributed by atoms with Crippen LogP contribution in [0.2, 0.25) is 0 Å². The summed E-state index contributed by atoms with van der Waals surface area (Å²) >= 11 is 3.32. The first-order valence-corrected chi connectivity index (χ1v) is 12.2. The van der Waals surface area contributed by atoms with Gasteiger partial charge in [-0.05, 0) is 42.8 Å². The van der Waals surface area contributed by atoms with Gasteiger partial charge in [0.2, 0.25) is 15.9 Å². The van der Waals surface area contributed by atoms with Crippen LogP contribution in [0, 0.1) is 0 Å². The lowest BCUT2D eigenvalue weighted by Gasteiger charge is -2.37. The number of hydrogen-bond acceptors (Lipinski definition) is 4. The minimum absolute atomic E-state index is 0.0309. The van der Waals surface area contributed by atoms with Crippen molar-refractivity contribution in [3.8, 4) is 0 Å². The standard InChI is InChI=1S/C22H24BrN3O3S/c23-19-6-8-21(9-7-19)30(28,29)26-12-10-18(11-13-26)22(27)25-16-14-24(15-17-25)20-4-2-1-3-5-20/h1-10H,11-17H2. The number of para-hydroxylation sites is 1. The van der Waals surface area contributed by atoms with Crippen molar-refractivity contribution in [3.63, 3.8) is 0 Å². The Labute approximate surface area is 186 Å². The van der Waals surface area contributed by atoms with Gasteiger partial charge >= 0.3 is 0 Å². The average Bonchev–Trinajstić information content (AvgIpc) is 2.80. The summed E-state index contributed by atoms with van der Waals surface area (Å²) in [5.41, 5.74) is 1.89. The third-order valence-corrected chi connectivity index (χ3v) is 7.99. The molecule has 1 saturated heterocycles. The molecule has 8 heteroatoms. The molecule has 1 amide bonds. The van der Waals surface area contributed by atoms with E-state index in [1.165, 1.54) is 9.99 Å². The Morgan fingerprint density at radius 2 is 1.53 bits per heavy atom. The highest BCUT2D eigenvalue weighted by atomic mass is 79.9. The van der Waals surface area contributed by atoms with E-state index in [4.69, 9.17) is 0 Å². The Balaban J connectivity index is 1.36. The number of piperazine rings is 1. The molecule has 0 atom stereocenters. The maximum absolute atomic E-state index is 12.9. The molecular weight excluding hydrogens is 466 g/mol. The van der Waals surface area contributed by atoms with Crippen LogP contribution < -0.4 is 4.90 Å². The molecule has 158 valence electrons. The molecule has 0 unspecified atom stereocenters. The molecule has 4 rings (SSSR count). The van der Waals surface area contributed by atoms with Gasteiger partial charge in [-0.15, -0.1) is 0 Å². The summed E-state index contributed by atoms with van der Waals surface area (Å²) in [6.07, 6.45) is 2.21. The van der Waals surface area contributed by atoms with E-state index in [0.29, 0.717) is 31.6 Å². The topological polar surface area (TPSA) is 60.9 Å². The van der Waals surface area contributed by atoms with Crippen molar-refractivity contribution in [3.05, 3.63) is 70.7 Å². The van der Waals surface area contributed by atoms with Crippen molar-refractivity contribution in [2.45, 2.75) is 11.3 Å². The minimum atomic E-state index is -3.55. The lowest BCUT2D eigenvalue weighted by Crippen LogP contribution is -2.49. The van der Waals surface area contributed by atoms with Crippen molar-refractivity contribution in [1.82, 2.24) is 9.21 Å². The molecule has 2 aliphatic heterocycles. The quantitative estimate of drug-likeness (QED) is 0.661. The van der Waals surface area contributed by atoms with Crippen LogP contribution in [0.15, 0.2) is 75.6 Å². The molecule has 0 aliphatic carbocycles. The van der Waals surface area contributed by atoms with E-state index < -0.39 is 10.0 Å². The van der Waals surface area contributed by atoms with Crippen LogP contribution in [0.5, 0.6) is 0 Å². The summed E-state index contributed by atoms with van der Waals surface area (Å²) in [5.74, 6) is 0.0309. The number of halogens is 1. The molecule has 0 saturated carbocycles. The average molecular weight is 490 g/mol. The second-order valence-corrected chi connectivity index (χ2v) is 10.3. The number of carbonyl (C=O) groups excluding carboxylic acids is 1. The fourth-order valence-corrected chi connectivity index (χ4v) is 5.47. The molecule has 30 heavy (non-hydrogen) atoms. The molecule has 0 aromatic heterocycles. The first-order valence-electron chi connectivity index (χ1n) is 9.99. The maximum Gasteiger partial charge on any atom is 0.249 e. The predicted molar refractivity (Wildman–Crippen MR) is 121 cm³/mol. The minimum Gasteiger partial charge on any atom is -0.368 e. The summed E-state index contributed by atoms with van der Waals surface area (Å²) in [4.78, 5) is 17.4. The zero-order chi connectivity index (χ0) is 21.1. The molecule has 2 aliphatic rings. The van der Waals surface area contributed by atoms with E-state index in [1.807, 2.05) is 23.1 Å². The smallest absolute Gasteiger partial charge is 0.249 e. The van der Waals surface area contributed by atoms with Crippen LogP contribution in [-0.4, -0.2) is 62.8 Å². The van der Waals surface area contributed by atoms with Crippen molar-refractivity contribution in [2.75, 3.05) is 44.2 Å². The van der Waals surface area contributed by atoms with Gasteiger partial charge < -0.3 is 9.80 Å². The number of rotatable bonds is 4. The highest BCUT2D eigenvalue weighted by Gasteiger charge is 2.30. The molecule has 2 aromatic rings. The van der Waals surface area contributed by atoms with Crippen molar-refractivity contribution in [1.29, 1.82) is 0 Å². The normalized spacial score (nSPS) is 18.2. The van der Waals surface area contributed by atoms with E-state index in [2.05, 4.69) is 33.0 Å². The summed E-state index contributed by atoms with van der Waals surface area (Å²) < 4.78 is 27.9. The van der Waals surface area contributed by atoms with Gasteiger partial charge in [0, 0.05) is 55.0 Å². The molecule has 6 nitrogen and oxygen atoms in total. The van der Waals surface area contributed by atoms with Crippen LogP contribution in [-0.2, 0) is 14.8 Å². The van der Waals surface area contributed by atoms with E-state index in [9.17, 15) is 13.2 Å². The van der Waals surface area contributed by atoms with Crippen molar-refractivity contribution >= 4 is 37.5 Å². The van der Waals surface area contributed by atoms with Gasteiger partial charge in [-0.1, -0.05) is 40.2 Å². The monoisotopic (exact) mass is 489 g/mol. The Kier molecular flexibility index (Phi) is 6.26. The summed E-state index contributed by atoms with van der Waals surface area (Å²) in [6, 6.07) is 16.8. The molecule has 1 fully saturated rings. The van der Waals surface area contributed by atoms with Crippen LogP contribution in [0.3, 0.4) is 0 Å². The number of hydrogen-bond donors (Lipinski definition) is 0. The number of nitrogens with zero attached hydrogens (tertiary/aromatic N) is 3. The zero-order valence-electron chi connectivity index (χ0n) is 16.6. The lowest BCUT2D eigenvalue weighted by atomic mass is 10.1. The molecule has 0 bridgehead atoms. The molecular formula is C22H24BrN3O3S. The van der Waals surface area contributed by atoms with E-state index in [1.54, 1.807) is 30.3 Å². The van der Waals surface area contributed by atoms with Gasteiger partial charge in [0.15, 0.2) is 0 Å². The Morgan fingerprint density at radius 3 is 2.13 bits per heavy atom. The largest absolute Gasteiger partial charge is 0.368 e. The molecule has 0 radical (unpaired) electrons. The number of carbonyl (C=O) groups is 1. The van der Waals surface area contributed by atoms with Crippen molar-refractivity contribution < 1.29 is 13.2 Å². The fraction of sp³-hybridized carbons (Fsp3) is 0.318. The van der Waals surface area contributed by atoms with E-state index >= 15 is 0 Å². The third-order valence-electron chi connectivity index (χ3n) is 5.59. The van der Waals surface area contributed by atoms with Gasteiger partial charge in [-0.3, -0.25) is 4.79 Å². The summed E-state index contributed by atoms with van der Waals surface area (Å²) in [7, 11) is -3.55. The number of amides is 1. The maximum atomic E-state index is 12.9. The van der Waals surface area contributed by atoms with Gasteiger partial charge in [0.05, 0.1) is 4.90 Å². The molecule has 2 aromatic carbocycles. The Hall–Kier alpha value is -2.16. The summed E-state index contributed by atoms with van der Waals surface area (Å²) in [5, 5.41) is 0. The SMILES string of the molecule is O=C(C1=CCN(S(=O)(=O)c2ccc(Br)cc2)CC1)N1CCN(c2ccccc2)CC1. The zero-order valence-corrected chi connectivity index (χ0v) is 19.0.